The number of esters is 1. The van der Waals surface area contributed by atoms with Crippen LogP contribution in [0.1, 0.15) is 58.3 Å². The van der Waals surface area contributed by atoms with Crippen molar-refractivity contribution < 1.29 is 9.53 Å². The lowest BCUT2D eigenvalue weighted by atomic mass is 9.78. The lowest BCUT2D eigenvalue weighted by Crippen LogP contribution is -2.17. The van der Waals surface area contributed by atoms with Gasteiger partial charge in [0, 0.05) is 12.8 Å². The molecule has 3 aliphatic carbocycles. The van der Waals surface area contributed by atoms with E-state index in [4.69, 9.17) is 4.74 Å². The number of fused-ring (bicyclic) bond motifs is 2. The first-order chi connectivity index (χ1) is 8.25. The van der Waals surface area contributed by atoms with E-state index in [0.717, 1.165) is 17.6 Å². The molecule has 0 heterocycles. The summed E-state index contributed by atoms with van der Waals surface area (Å²) in [5, 5.41) is 0. The van der Waals surface area contributed by atoms with Crippen molar-refractivity contribution in [1.29, 1.82) is 0 Å². The van der Waals surface area contributed by atoms with Crippen molar-refractivity contribution >= 4 is 5.97 Å². The fourth-order valence-corrected chi connectivity index (χ4v) is 3.78. The van der Waals surface area contributed by atoms with Gasteiger partial charge in [-0.25, -0.2) is 0 Å². The molecule has 0 unspecified atom stereocenters. The molecule has 3 aliphatic rings. The Hall–Kier alpha value is -0.790. The van der Waals surface area contributed by atoms with Gasteiger partial charge in [-0.2, -0.15) is 0 Å². The van der Waals surface area contributed by atoms with E-state index in [1.54, 1.807) is 6.92 Å². The SMILES string of the molecule is CC(=O)O/C1=C2\CCCC[C@@H]2CCC[C@@H]2C[C@H]12. The molecule has 17 heavy (non-hydrogen) atoms. The van der Waals surface area contributed by atoms with Gasteiger partial charge in [-0.15, -0.1) is 0 Å². The van der Waals surface area contributed by atoms with Crippen molar-refractivity contribution in [2.45, 2.75) is 58.3 Å². The third-order valence-electron chi connectivity index (χ3n) is 4.70. The molecule has 0 spiro atoms. The van der Waals surface area contributed by atoms with Crippen LogP contribution in [-0.2, 0) is 9.53 Å². The van der Waals surface area contributed by atoms with Gasteiger partial charge >= 0.3 is 5.97 Å². The zero-order chi connectivity index (χ0) is 11.8. The minimum absolute atomic E-state index is 0.122. The molecule has 0 amide bonds. The van der Waals surface area contributed by atoms with Gasteiger partial charge in [-0.1, -0.05) is 12.8 Å². The fourth-order valence-electron chi connectivity index (χ4n) is 3.78. The number of hydrogen-bond acceptors (Lipinski definition) is 2. The standard InChI is InChI=1S/C15H22O2/c1-10(16)17-15-13-8-3-2-5-11(13)6-4-7-12-9-14(12)15/h11-12,14H,2-9H2,1H3/b15-13+/t11-,12-,14+/m1/s1. The molecule has 0 aromatic rings. The maximum Gasteiger partial charge on any atom is 0.307 e. The van der Waals surface area contributed by atoms with Crippen LogP contribution in [0.4, 0.5) is 0 Å². The first kappa shape index (κ1) is 11.3. The van der Waals surface area contributed by atoms with E-state index in [-0.39, 0.29) is 5.97 Å². The number of rotatable bonds is 1. The Morgan fingerprint density at radius 1 is 1.18 bits per heavy atom. The molecule has 0 aromatic heterocycles. The molecule has 2 heteroatoms. The minimum Gasteiger partial charge on any atom is -0.431 e. The van der Waals surface area contributed by atoms with Gasteiger partial charge in [-0.05, 0) is 55.9 Å². The van der Waals surface area contributed by atoms with Crippen molar-refractivity contribution in [3.05, 3.63) is 11.3 Å². The van der Waals surface area contributed by atoms with Crippen LogP contribution in [0.2, 0.25) is 0 Å². The zero-order valence-electron chi connectivity index (χ0n) is 10.7. The quantitative estimate of drug-likeness (QED) is 0.645. The van der Waals surface area contributed by atoms with E-state index in [1.807, 2.05) is 0 Å². The summed E-state index contributed by atoms with van der Waals surface area (Å²) in [6.07, 6.45) is 10.4. The smallest absolute Gasteiger partial charge is 0.307 e. The average molecular weight is 234 g/mol. The van der Waals surface area contributed by atoms with E-state index in [2.05, 4.69) is 0 Å². The lowest BCUT2D eigenvalue weighted by molar-refractivity contribution is -0.137. The molecule has 0 aliphatic heterocycles. The second kappa shape index (κ2) is 4.47. The number of carbonyl (C=O) groups excluding carboxylic acids is 1. The highest BCUT2D eigenvalue weighted by molar-refractivity contribution is 5.67. The largest absolute Gasteiger partial charge is 0.431 e. The topological polar surface area (TPSA) is 26.3 Å². The number of carbonyl (C=O) groups is 1. The molecule has 0 aromatic carbocycles. The highest BCUT2D eigenvalue weighted by atomic mass is 16.5. The maximum atomic E-state index is 11.3. The van der Waals surface area contributed by atoms with Gasteiger partial charge < -0.3 is 4.74 Å². The van der Waals surface area contributed by atoms with Crippen molar-refractivity contribution in [3.63, 3.8) is 0 Å². The van der Waals surface area contributed by atoms with Crippen LogP contribution in [0.5, 0.6) is 0 Å². The van der Waals surface area contributed by atoms with E-state index < -0.39 is 0 Å². The summed E-state index contributed by atoms with van der Waals surface area (Å²) < 4.78 is 5.59. The Kier molecular flexibility index (Phi) is 2.97. The Morgan fingerprint density at radius 3 is 2.82 bits per heavy atom. The normalized spacial score (nSPS) is 40.6. The van der Waals surface area contributed by atoms with Crippen molar-refractivity contribution in [2.24, 2.45) is 17.8 Å². The molecule has 3 atom stereocenters. The van der Waals surface area contributed by atoms with E-state index in [1.165, 1.54) is 56.9 Å². The first-order valence-corrected chi connectivity index (χ1v) is 7.17. The summed E-state index contributed by atoms with van der Waals surface area (Å²) in [6, 6.07) is 0. The van der Waals surface area contributed by atoms with E-state index in [9.17, 15) is 4.79 Å². The summed E-state index contributed by atoms with van der Waals surface area (Å²) >= 11 is 0. The third kappa shape index (κ3) is 2.27. The highest BCUT2D eigenvalue weighted by Crippen LogP contribution is 2.53. The predicted molar refractivity (Wildman–Crippen MR) is 66.2 cm³/mol. The van der Waals surface area contributed by atoms with Gasteiger partial charge in [0.25, 0.3) is 0 Å². The summed E-state index contributed by atoms with van der Waals surface area (Å²) in [5.41, 5.74) is 1.51. The summed E-state index contributed by atoms with van der Waals surface area (Å²) in [7, 11) is 0. The summed E-state index contributed by atoms with van der Waals surface area (Å²) in [4.78, 5) is 11.3. The van der Waals surface area contributed by atoms with Gasteiger partial charge in [0.1, 0.15) is 5.76 Å². The average Bonchev–Trinajstić information content (AvgIpc) is 3.03. The summed E-state index contributed by atoms with van der Waals surface area (Å²) in [6.45, 7) is 1.54. The molecular weight excluding hydrogens is 212 g/mol. The molecule has 0 radical (unpaired) electrons. The molecule has 0 bridgehead atoms. The molecule has 0 saturated heterocycles. The first-order valence-electron chi connectivity index (χ1n) is 7.17. The van der Waals surface area contributed by atoms with Crippen LogP contribution in [-0.4, -0.2) is 5.97 Å². The van der Waals surface area contributed by atoms with Gasteiger partial charge in [0.2, 0.25) is 0 Å². The molecule has 0 N–H and O–H groups in total. The van der Waals surface area contributed by atoms with Crippen molar-refractivity contribution in [1.82, 2.24) is 0 Å². The maximum absolute atomic E-state index is 11.3. The second-order valence-electron chi connectivity index (χ2n) is 5.96. The van der Waals surface area contributed by atoms with Crippen LogP contribution in [0, 0.1) is 17.8 Å². The van der Waals surface area contributed by atoms with Gasteiger partial charge in [0.15, 0.2) is 0 Å². The molecule has 94 valence electrons. The van der Waals surface area contributed by atoms with Crippen LogP contribution in [0.3, 0.4) is 0 Å². The zero-order valence-corrected chi connectivity index (χ0v) is 10.7. The van der Waals surface area contributed by atoms with Crippen molar-refractivity contribution in [3.8, 4) is 0 Å². The monoisotopic (exact) mass is 234 g/mol. The Labute approximate surface area is 103 Å². The molecule has 2 saturated carbocycles. The Morgan fingerprint density at radius 2 is 2.00 bits per heavy atom. The van der Waals surface area contributed by atoms with Gasteiger partial charge in [0.05, 0.1) is 0 Å². The second-order valence-corrected chi connectivity index (χ2v) is 5.96. The Balaban J connectivity index is 1.91. The molecular formula is C15H22O2. The van der Waals surface area contributed by atoms with Crippen LogP contribution in [0.15, 0.2) is 11.3 Å². The van der Waals surface area contributed by atoms with Crippen LogP contribution in [0.25, 0.3) is 0 Å². The fraction of sp³-hybridized carbons (Fsp3) is 0.800. The molecule has 2 fully saturated rings. The number of ether oxygens (including phenoxy) is 1. The minimum atomic E-state index is -0.122. The lowest BCUT2D eigenvalue weighted by Gasteiger charge is -2.29. The Bertz CT molecular complexity index is 356. The van der Waals surface area contributed by atoms with E-state index >= 15 is 0 Å². The summed E-state index contributed by atoms with van der Waals surface area (Å²) in [5.74, 6) is 3.11. The van der Waals surface area contributed by atoms with Crippen molar-refractivity contribution in [2.75, 3.05) is 0 Å². The molecule has 3 rings (SSSR count). The highest BCUT2D eigenvalue weighted by Gasteiger charge is 2.44. The van der Waals surface area contributed by atoms with Gasteiger partial charge in [-0.3, -0.25) is 4.79 Å². The predicted octanol–water partition coefficient (Wildman–Crippen LogP) is 3.81. The molecule has 2 nitrogen and oxygen atoms in total. The van der Waals surface area contributed by atoms with E-state index in [0.29, 0.717) is 5.92 Å². The third-order valence-corrected chi connectivity index (χ3v) is 4.70. The van der Waals surface area contributed by atoms with Crippen LogP contribution >= 0.6 is 0 Å². The number of hydrogen-bond donors (Lipinski definition) is 0. The number of allylic oxidation sites excluding steroid dienone is 2. The van der Waals surface area contributed by atoms with Crippen LogP contribution < -0.4 is 0 Å².